The van der Waals surface area contributed by atoms with Crippen molar-refractivity contribution in [2.75, 3.05) is 59.1 Å². The van der Waals surface area contributed by atoms with Crippen molar-refractivity contribution in [2.24, 2.45) is 0 Å². The third-order valence-corrected chi connectivity index (χ3v) is 8.18. The average molecular weight is 621 g/mol. The first-order valence-electron chi connectivity index (χ1n) is 15.6. The lowest BCUT2D eigenvalue weighted by Crippen LogP contribution is -2.47. The number of carbonyl (C=O) groups excluding carboxylic acids is 2. The number of carbonyl (C=O) groups is 2. The number of benzene rings is 2. The number of dihydropyridines is 1. The Morgan fingerprint density at radius 1 is 0.867 bits per heavy atom. The summed E-state index contributed by atoms with van der Waals surface area (Å²) in [5.74, 6) is -1.08. The Bertz CT molecular complexity index is 1430. The van der Waals surface area contributed by atoms with Crippen LogP contribution < -0.4 is 10.1 Å². The first-order valence-corrected chi connectivity index (χ1v) is 15.6. The highest BCUT2D eigenvalue weighted by Gasteiger charge is 2.38. The number of non-ortho nitro benzene ring substituents is 1. The minimum absolute atomic E-state index is 0.132. The molecule has 1 atom stereocenters. The molecular formula is C34H44N4O7. The minimum atomic E-state index is -0.868. The molecule has 2 heterocycles. The van der Waals surface area contributed by atoms with Gasteiger partial charge in [0.05, 0.1) is 41.8 Å². The zero-order valence-electron chi connectivity index (χ0n) is 26.7. The highest BCUT2D eigenvalue weighted by Crippen LogP contribution is 2.40. The number of allylic oxidation sites excluding steroid dienone is 2. The van der Waals surface area contributed by atoms with Crippen LogP contribution in [-0.2, 0) is 19.1 Å². The van der Waals surface area contributed by atoms with Crippen LogP contribution >= 0.6 is 0 Å². The van der Waals surface area contributed by atoms with E-state index in [1.807, 2.05) is 18.2 Å². The van der Waals surface area contributed by atoms with Crippen LogP contribution in [0.25, 0.3) is 0 Å². The molecule has 0 radical (unpaired) electrons. The third kappa shape index (κ3) is 8.92. The summed E-state index contributed by atoms with van der Waals surface area (Å²) in [4.78, 5) is 42.4. The Kier molecular flexibility index (Phi) is 12.1. The molecule has 2 aliphatic rings. The van der Waals surface area contributed by atoms with E-state index in [0.717, 1.165) is 57.0 Å². The zero-order chi connectivity index (χ0) is 32.3. The number of para-hydroxylation sites is 1. The van der Waals surface area contributed by atoms with Crippen LogP contribution in [0.2, 0.25) is 0 Å². The standard InChI is InChI=1S/C34H44N4O7/c1-5-43-33(39)30-25(3)35-26(4)31(32(30)27-12-8-13-28(23-27)38(41)42)34(40)45-22-10-16-37-19-17-36(18-20-37)15-9-21-44-29-14-7-6-11-24(29)2/h6-8,11-14,23,32,35H,5,9-10,15-22H2,1-4H3. The summed E-state index contributed by atoms with van der Waals surface area (Å²) < 4.78 is 17.0. The average Bonchev–Trinajstić information content (AvgIpc) is 3.02. The Labute approximate surface area is 265 Å². The molecule has 45 heavy (non-hydrogen) atoms. The number of nitro benzene ring substituents is 1. The van der Waals surface area contributed by atoms with Gasteiger partial charge in [-0.25, -0.2) is 9.59 Å². The fourth-order valence-electron chi connectivity index (χ4n) is 5.85. The molecule has 4 rings (SSSR count). The zero-order valence-corrected chi connectivity index (χ0v) is 26.7. The first kappa shape index (κ1) is 33.7. The molecule has 1 saturated heterocycles. The van der Waals surface area contributed by atoms with Crippen molar-refractivity contribution in [3.05, 3.63) is 92.3 Å². The number of nitrogens with one attached hydrogen (secondary N) is 1. The van der Waals surface area contributed by atoms with E-state index in [1.165, 1.54) is 12.1 Å². The maximum atomic E-state index is 13.5. The summed E-state index contributed by atoms with van der Waals surface area (Å²) in [5, 5.41) is 14.6. The maximum Gasteiger partial charge on any atom is 0.336 e. The second-order valence-electron chi connectivity index (χ2n) is 11.3. The normalized spacial score (nSPS) is 17.6. The van der Waals surface area contributed by atoms with Crippen LogP contribution in [0.1, 0.15) is 50.7 Å². The van der Waals surface area contributed by atoms with E-state index in [-0.39, 0.29) is 30.0 Å². The molecule has 11 nitrogen and oxygen atoms in total. The van der Waals surface area contributed by atoms with Gasteiger partial charge in [0.15, 0.2) is 0 Å². The summed E-state index contributed by atoms with van der Waals surface area (Å²) in [6.45, 7) is 13.9. The van der Waals surface area contributed by atoms with Crippen LogP contribution in [-0.4, -0.2) is 85.8 Å². The van der Waals surface area contributed by atoms with Gasteiger partial charge in [-0.05, 0) is 57.7 Å². The third-order valence-electron chi connectivity index (χ3n) is 8.18. The number of nitrogens with zero attached hydrogens (tertiary/aromatic N) is 3. The fourth-order valence-corrected chi connectivity index (χ4v) is 5.85. The quantitative estimate of drug-likeness (QED) is 0.137. The summed E-state index contributed by atoms with van der Waals surface area (Å²) in [6.07, 6.45) is 1.63. The first-order chi connectivity index (χ1) is 21.7. The summed E-state index contributed by atoms with van der Waals surface area (Å²) in [5.41, 5.74) is 2.99. The van der Waals surface area contributed by atoms with Gasteiger partial charge in [0.1, 0.15) is 5.75 Å². The van der Waals surface area contributed by atoms with Gasteiger partial charge in [0, 0.05) is 62.8 Å². The van der Waals surface area contributed by atoms with E-state index in [9.17, 15) is 19.7 Å². The van der Waals surface area contributed by atoms with Crippen molar-refractivity contribution in [2.45, 2.75) is 46.5 Å². The van der Waals surface area contributed by atoms with Gasteiger partial charge >= 0.3 is 11.9 Å². The number of rotatable bonds is 14. The molecule has 1 N–H and O–H groups in total. The molecule has 0 saturated carbocycles. The van der Waals surface area contributed by atoms with E-state index in [0.29, 0.717) is 30.0 Å². The van der Waals surface area contributed by atoms with Crippen molar-refractivity contribution in [3.63, 3.8) is 0 Å². The van der Waals surface area contributed by atoms with E-state index >= 15 is 0 Å². The topological polar surface area (TPSA) is 123 Å². The predicted molar refractivity (Wildman–Crippen MR) is 171 cm³/mol. The molecule has 0 amide bonds. The van der Waals surface area contributed by atoms with Gasteiger partial charge in [-0.1, -0.05) is 30.3 Å². The molecule has 0 bridgehead atoms. The number of ether oxygens (including phenoxy) is 3. The van der Waals surface area contributed by atoms with Gasteiger partial charge in [0.25, 0.3) is 5.69 Å². The van der Waals surface area contributed by atoms with Crippen LogP contribution in [0, 0.1) is 17.0 Å². The molecule has 2 aromatic rings. The van der Waals surface area contributed by atoms with Crippen LogP contribution in [0.15, 0.2) is 71.1 Å². The summed E-state index contributed by atoms with van der Waals surface area (Å²) >= 11 is 0. The number of hydrogen-bond donors (Lipinski definition) is 1. The Balaban J connectivity index is 1.28. The molecule has 2 aliphatic heterocycles. The van der Waals surface area contributed by atoms with Crippen molar-refractivity contribution >= 4 is 17.6 Å². The van der Waals surface area contributed by atoms with Gasteiger partial charge < -0.3 is 29.3 Å². The second kappa shape index (κ2) is 16.2. The lowest BCUT2D eigenvalue weighted by molar-refractivity contribution is -0.384. The molecule has 0 aliphatic carbocycles. The van der Waals surface area contributed by atoms with Crippen molar-refractivity contribution < 1.29 is 28.7 Å². The minimum Gasteiger partial charge on any atom is -0.493 e. The van der Waals surface area contributed by atoms with Crippen molar-refractivity contribution in [3.8, 4) is 5.75 Å². The number of nitro groups is 1. The van der Waals surface area contributed by atoms with Crippen LogP contribution in [0.5, 0.6) is 5.75 Å². The maximum absolute atomic E-state index is 13.5. The lowest BCUT2D eigenvalue weighted by Gasteiger charge is -2.34. The predicted octanol–water partition coefficient (Wildman–Crippen LogP) is 4.72. The van der Waals surface area contributed by atoms with E-state index < -0.39 is 22.8 Å². The Morgan fingerprint density at radius 3 is 2.07 bits per heavy atom. The monoisotopic (exact) mass is 620 g/mol. The molecule has 242 valence electrons. The molecule has 11 heteroatoms. The number of aryl methyl sites for hydroxylation is 1. The smallest absolute Gasteiger partial charge is 0.336 e. The molecule has 0 aromatic heterocycles. The van der Waals surface area contributed by atoms with E-state index in [2.05, 4.69) is 28.1 Å². The van der Waals surface area contributed by atoms with Crippen molar-refractivity contribution in [1.29, 1.82) is 0 Å². The molecule has 2 aromatic carbocycles. The van der Waals surface area contributed by atoms with Gasteiger partial charge in [-0.3, -0.25) is 10.1 Å². The molecular weight excluding hydrogens is 576 g/mol. The SMILES string of the molecule is CCOC(=O)C1=C(C)NC(C)=C(C(=O)OCCCN2CCN(CCCOc3ccccc3C)CC2)C1c1cccc([N+](=O)[O-])c1. The summed E-state index contributed by atoms with van der Waals surface area (Å²) in [7, 11) is 0. The van der Waals surface area contributed by atoms with Crippen LogP contribution in [0.3, 0.4) is 0 Å². The number of piperazine rings is 1. The molecule has 0 spiro atoms. The fraction of sp³-hybridized carbons (Fsp3) is 0.471. The van der Waals surface area contributed by atoms with E-state index in [4.69, 9.17) is 14.2 Å². The summed E-state index contributed by atoms with van der Waals surface area (Å²) in [6, 6.07) is 14.0. The van der Waals surface area contributed by atoms with Gasteiger partial charge in [0.2, 0.25) is 0 Å². The number of hydrogen-bond acceptors (Lipinski definition) is 10. The van der Waals surface area contributed by atoms with E-state index in [1.54, 1.807) is 32.9 Å². The largest absolute Gasteiger partial charge is 0.493 e. The van der Waals surface area contributed by atoms with Crippen LogP contribution in [0.4, 0.5) is 5.69 Å². The second-order valence-corrected chi connectivity index (χ2v) is 11.3. The molecule has 1 unspecified atom stereocenters. The van der Waals surface area contributed by atoms with Crippen molar-refractivity contribution in [1.82, 2.24) is 15.1 Å². The Hall–Kier alpha value is -4.22. The molecule has 1 fully saturated rings. The number of esters is 2. The van der Waals surface area contributed by atoms with Gasteiger partial charge in [-0.15, -0.1) is 0 Å². The Morgan fingerprint density at radius 2 is 1.47 bits per heavy atom. The lowest BCUT2D eigenvalue weighted by atomic mass is 9.80. The highest BCUT2D eigenvalue weighted by atomic mass is 16.6. The van der Waals surface area contributed by atoms with Gasteiger partial charge in [-0.2, -0.15) is 0 Å². The highest BCUT2D eigenvalue weighted by molar-refractivity contribution is 6.00.